The predicted molar refractivity (Wildman–Crippen MR) is 75.4 cm³/mol. The molecule has 0 amide bonds. The van der Waals surface area contributed by atoms with Gasteiger partial charge in [-0.15, -0.1) is 6.58 Å². The lowest BCUT2D eigenvalue weighted by atomic mass is 9.98. The average molecular weight is 276 g/mol. The molecule has 1 heterocycles. The van der Waals surface area contributed by atoms with Gasteiger partial charge in [0.05, 0.1) is 31.3 Å². The normalized spacial score (nSPS) is 26.1. The monoisotopic (exact) mass is 276 g/mol. The maximum Gasteiger partial charge on any atom is 0.306 e. The van der Waals surface area contributed by atoms with Crippen LogP contribution in [0.1, 0.15) is 24.8 Å². The van der Waals surface area contributed by atoms with Gasteiger partial charge < -0.3 is 14.6 Å². The molecule has 2 rings (SSSR count). The second-order valence-corrected chi connectivity index (χ2v) is 4.96. The average Bonchev–Trinajstić information content (AvgIpc) is 2.46. The molecule has 0 saturated carbocycles. The standard InChI is InChI=1S/C16H20O4/c1-2-13-8-9-14(15(20-13)10-16(17)18)19-11-12-6-4-3-5-7-12/h2-7,13-15H,1,8-11H2,(H,17,18)/t13-,14-,15-/m0/s1. The van der Waals surface area contributed by atoms with E-state index in [1.807, 2.05) is 30.3 Å². The molecule has 3 atom stereocenters. The first-order chi connectivity index (χ1) is 9.69. The highest BCUT2D eigenvalue weighted by Gasteiger charge is 2.32. The van der Waals surface area contributed by atoms with Gasteiger partial charge in [0.1, 0.15) is 0 Å². The second kappa shape index (κ2) is 7.22. The van der Waals surface area contributed by atoms with Crippen LogP contribution in [0.15, 0.2) is 43.0 Å². The highest BCUT2D eigenvalue weighted by Crippen LogP contribution is 2.25. The Morgan fingerprint density at radius 3 is 2.80 bits per heavy atom. The molecule has 1 aliphatic heterocycles. The van der Waals surface area contributed by atoms with Gasteiger partial charge in [0.25, 0.3) is 0 Å². The molecule has 0 bridgehead atoms. The molecule has 1 aromatic rings. The van der Waals surface area contributed by atoms with Crippen LogP contribution >= 0.6 is 0 Å². The first-order valence-corrected chi connectivity index (χ1v) is 6.84. The molecular weight excluding hydrogens is 256 g/mol. The van der Waals surface area contributed by atoms with E-state index in [2.05, 4.69) is 6.58 Å². The number of ether oxygens (including phenoxy) is 2. The number of aliphatic carboxylic acids is 1. The van der Waals surface area contributed by atoms with Crippen LogP contribution in [-0.2, 0) is 20.9 Å². The highest BCUT2D eigenvalue weighted by atomic mass is 16.5. The van der Waals surface area contributed by atoms with E-state index >= 15 is 0 Å². The Bertz CT molecular complexity index is 443. The van der Waals surface area contributed by atoms with Crippen LogP contribution < -0.4 is 0 Å². The van der Waals surface area contributed by atoms with Gasteiger partial charge in [0.15, 0.2) is 0 Å². The largest absolute Gasteiger partial charge is 0.481 e. The van der Waals surface area contributed by atoms with Gasteiger partial charge in [0.2, 0.25) is 0 Å². The lowest BCUT2D eigenvalue weighted by molar-refractivity contribution is -0.157. The van der Waals surface area contributed by atoms with E-state index in [9.17, 15) is 4.79 Å². The Kier molecular flexibility index (Phi) is 5.32. The number of rotatable bonds is 6. The van der Waals surface area contributed by atoms with Crippen LogP contribution in [0.2, 0.25) is 0 Å². The Morgan fingerprint density at radius 1 is 1.40 bits per heavy atom. The third-order valence-electron chi connectivity index (χ3n) is 3.45. The Morgan fingerprint density at radius 2 is 2.15 bits per heavy atom. The van der Waals surface area contributed by atoms with Crippen LogP contribution in [0, 0.1) is 0 Å². The molecule has 1 saturated heterocycles. The summed E-state index contributed by atoms with van der Waals surface area (Å²) < 4.78 is 11.6. The van der Waals surface area contributed by atoms with E-state index in [1.165, 1.54) is 0 Å². The highest BCUT2D eigenvalue weighted by molar-refractivity contribution is 5.67. The molecule has 20 heavy (non-hydrogen) atoms. The van der Waals surface area contributed by atoms with Crippen LogP contribution in [0.3, 0.4) is 0 Å². The van der Waals surface area contributed by atoms with E-state index in [1.54, 1.807) is 6.08 Å². The molecule has 108 valence electrons. The van der Waals surface area contributed by atoms with Crippen molar-refractivity contribution in [2.45, 2.75) is 44.2 Å². The molecule has 0 aliphatic carbocycles. The van der Waals surface area contributed by atoms with Crippen LogP contribution in [-0.4, -0.2) is 29.4 Å². The fourth-order valence-corrected chi connectivity index (χ4v) is 2.39. The molecule has 1 aliphatic rings. The van der Waals surface area contributed by atoms with Crippen molar-refractivity contribution in [2.24, 2.45) is 0 Å². The van der Waals surface area contributed by atoms with Crippen LogP contribution in [0.5, 0.6) is 0 Å². The van der Waals surface area contributed by atoms with Crippen molar-refractivity contribution in [1.29, 1.82) is 0 Å². The first-order valence-electron chi connectivity index (χ1n) is 6.84. The van der Waals surface area contributed by atoms with Gasteiger partial charge in [-0.3, -0.25) is 4.79 Å². The topological polar surface area (TPSA) is 55.8 Å². The van der Waals surface area contributed by atoms with Gasteiger partial charge in [-0.2, -0.15) is 0 Å². The number of hydrogen-bond donors (Lipinski definition) is 1. The van der Waals surface area contributed by atoms with Gasteiger partial charge >= 0.3 is 5.97 Å². The number of carboxylic acids is 1. The van der Waals surface area contributed by atoms with Gasteiger partial charge in [-0.05, 0) is 18.4 Å². The molecule has 0 radical (unpaired) electrons. The molecule has 4 nitrogen and oxygen atoms in total. The molecular formula is C16H20O4. The van der Waals surface area contributed by atoms with Gasteiger partial charge in [-0.1, -0.05) is 36.4 Å². The van der Waals surface area contributed by atoms with Crippen molar-refractivity contribution < 1.29 is 19.4 Å². The second-order valence-electron chi connectivity index (χ2n) is 4.96. The quantitative estimate of drug-likeness (QED) is 0.812. The van der Waals surface area contributed by atoms with Crippen molar-refractivity contribution in [3.63, 3.8) is 0 Å². The molecule has 1 aromatic carbocycles. The zero-order chi connectivity index (χ0) is 14.4. The van der Waals surface area contributed by atoms with E-state index in [0.717, 1.165) is 18.4 Å². The minimum absolute atomic E-state index is 0.0379. The summed E-state index contributed by atoms with van der Waals surface area (Å²) in [5.74, 6) is -0.868. The summed E-state index contributed by atoms with van der Waals surface area (Å²) in [5.41, 5.74) is 1.08. The molecule has 0 unspecified atom stereocenters. The lowest BCUT2D eigenvalue weighted by Gasteiger charge is -2.34. The van der Waals surface area contributed by atoms with E-state index < -0.39 is 12.1 Å². The van der Waals surface area contributed by atoms with Crippen molar-refractivity contribution in [2.75, 3.05) is 0 Å². The number of benzene rings is 1. The SMILES string of the molecule is C=C[C@H]1CC[C@H](OCc2ccccc2)[C@H](CC(=O)O)O1. The minimum atomic E-state index is -0.868. The third-order valence-corrected chi connectivity index (χ3v) is 3.45. The summed E-state index contributed by atoms with van der Waals surface area (Å²) in [5, 5.41) is 8.97. The Labute approximate surface area is 119 Å². The van der Waals surface area contributed by atoms with Gasteiger partial charge in [0, 0.05) is 0 Å². The lowest BCUT2D eigenvalue weighted by Crippen LogP contribution is -2.41. The third kappa shape index (κ3) is 4.18. The summed E-state index contributed by atoms with van der Waals surface area (Å²) >= 11 is 0. The first kappa shape index (κ1) is 14.8. The molecule has 1 fully saturated rings. The summed E-state index contributed by atoms with van der Waals surface area (Å²) in [6.45, 7) is 4.18. The van der Waals surface area contributed by atoms with E-state index in [4.69, 9.17) is 14.6 Å². The maximum atomic E-state index is 10.9. The Balaban J connectivity index is 1.93. The summed E-state index contributed by atoms with van der Waals surface area (Å²) in [7, 11) is 0. The fourth-order valence-electron chi connectivity index (χ4n) is 2.39. The van der Waals surface area contributed by atoms with Crippen molar-refractivity contribution in [1.82, 2.24) is 0 Å². The summed E-state index contributed by atoms with van der Waals surface area (Å²) in [4.78, 5) is 10.9. The van der Waals surface area contributed by atoms with Crippen LogP contribution in [0.4, 0.5) is 0 Å². The summed E-state index contributed by atoms with van der Waals surface area (Å²) in [6, 6.07) is 9.84. The van der Waals surface area contributed by atoms with Crippen molar-refractivity contribution >= 4 is 5.97 Å². The molecule has 0 spiro atoms. The number of hydrogen-bond acceptors (Lipinski definition) is 3. The number of carboxylic acid groups (broad SMARTS) is 1. The smallest absolute Gasteiger partial charge is 0.306 e. The zero-order valence-corrected chi connectivity index (χ0v) is 11.4. The molecule has 0 aromatic heterocycles. The molecule has 4 heteroatoms. The van der Waals surface area contributed by atoms with E-state index in [-0.39, 0.29) is 18.6 Å². The maximum absolute atomic E-state index is 10.9. The fraction of sp³-hybridized carbons (Fsp3) is 0.438. The van der Waals surface area contributed by atoms with Crippen LogP contribution in [0.25, 0.3) is 0 Å². The number of carbonyl (C=O) groups is 1. The van der Waals surface area contributed by atoms with Crippen molar-refractivity contribution in [3.05, 3.63) is 48.6 Å². The molecule has 1 N–H and O–H groups in total. The van der Waals surface area contributed by atoms with Crippen molar-refractivity contribution in [3.8, 4) is 0 Å². The van der Waals surface area contributed by atoms with Gasteiger partial charge in [-0.25, -0.2) is 0 Å². The Hall–Kier alpha value is -1.65. The summed E-state index contributed by atoms with van der Waals surface area (Å²) in [6.07, 6.45) is 2.64. The zero-order valence-electron chi connectivity index (χ0n) is 11.4. The van der Waals surface area contributed by atoms with E-state index in [0.29, 0.717) is 6.61 Å². The minimum Gasteiger partial charge on any atom is -0.481 e. The predicted octanol–water partition coefficient (Wildman–Crippen LogP) is 2.78.